The summed E-state index contributed by atoms with van der Waals surface area (Å²) in [7, 11) is 1.84. The van der Waals surface area contributed by atoms with Crippen molar-refractivity contribution in [3.63, 3.8) is 0 Å². The Bertz CT molecular complexity index is 1070. The number of esters is 1. The molecule has 3 rings (SSSR count). The van der Waals surface area contributed by atoms with E-state index in [2.05, 4.69) is 10.4 Å². The van der Waals surface area contributed by atoms with Gasteiger partial charge in [-0.05, 0) is 49.8 Å². The van der Waals surface area contributed by atoms with E-state index >= 15 is 0 Å². The Hall–Kier alpha value is -3.41. The van der Waals surface area contributed by atoms with Crippen LogP contribution < -0.4 is 5.32 Å². The van der Waals surface area contributed by atoms with Crippen LogP contribution in [0, 0.1) is 13.8 Å². The first-order chi connectivity index (χ1) is 13.3. The van der Waals surface area contributed by atoms with Crippen molar-refractivity contribution < 1.29 is 14.3 Å². The molecule has 28 heavy (non-hydrogen) atoms. The van der Waals surface area contributed by atoms with Crippen LogP contribution in [0.2, 0.25) is 0 Å². The first-order valence-corrected chi connectivity index (χ1v) is 9.03. The zero-order valence-electron chi connectivity index (χ0n) is 16.4. The van der Waals surface area contributed by atoms with Crippen molar-refractivity contribution in [1.82, 2.24) is 9.78 Å². The normalized spacial score (nSPS) is 12.3. The first kappa shape index (κ1) is 19.4. The zero-order valence-corrected chi connectivity index (χ0v) is 16.4. The lowest BCUT2D eigenvalue weighted by atomic mass is 10.1. The number of fused-ring (bicyclic) bond motifs is 1. The molecule has 1 N–H and O–H groups in total. The van der Waals surface area contributed by atoms with E-state index in [4.69, 9.17) is 4.74 Å². The number of hydrogen-bond donors (Lipinski definition) is 1. The fraction of sp³-hybridized carbons (Fsp3) is 0.227. The van der Waals surface area contributed by atoms with Crippen LogP contribution in [0.15, 0.2) is 48.5 Å². The lowest BCUT2D eigenvalue weighted by Crippen LogP contribution is -2.29. The van der Waals surface area contributed by atoms with Gasteiger partial charge >= 0.3 is 5.97 Å². The van der Waals surface area contributed by atoms with E-state index in [0.29, 0.717) is 5.69 Å². The Morgan fingerprint density at radius 1 is 1.14 bits per heavy atom. The molecule has 3 aromatic rings. The number of rotatable bonds is 5. The summed E-state index contributed by atoms with van der Waals surface area (Å²) < 4.78 is 6.97. The SMILES string of the molecule is Cc1nn(C)c(C)c1/C=C/C(=O)O[C@H](C)C(=O)Nc1ccc2ccccc2c1. The van der Waals surface area contributed by atoms with Crippen molar-refractivity contribution in [2.75, 3.05) is 5.32 Å². The van der Waals surface area contributed by atoms with Gasteiger partial charge in [0, 0.05) is 30.1 Å². The minimum absolute atomic E-state index is 0.384. The molecule has 0 bridgehead atoms. The molecule has 0 aliphatic carbocycles. The van der Waals surface area contributed by atoms with Crippen LogP contribution >= 0.6 is 0 Å². The van der Waals surface area contributed by atoms with E-state index in [0.717, 1.165) is 27.7 Å². The second-order valence-electron chi connectivity index (χ2n) is 6.67. The van der Waals surface area contributed by atoms with Gasteiger partial charge in [0.15, 0.2) is 6.10 Å². The maximum Gasteiger partial charge on any atom is 0.331 e. The molecule has 0 unspecified atom stereocenters. The predicted molar refractivity (Wildman–Crippen MR) is 110 cm³/mol. The zero-order chi connectivity index (χ0) is 20.3. The number of amides is 1. The largest absolute Gasteiger partial charge is 0.449 e. The van der Waals surface area contributed by atoms with Crippen molar-refractivity contribution in [2.45, 2.75) is 26.9 Å². The minimum atomic E-state index is -0.917. The molecule has 0 saturated carbocycles. The van der Waals surface area contributed by atoms with E-state index in [-0.39, 0.29) is 5.91 Å². The Labute approximate surface area is 163 Å². The molecule has 1 heterocycles. The summed E-state index contributed by atoms with van der Waals surface area (Å²) in [6.45, 7) is 5.34. The van der Waals surface area contributed by atoms with Crippen molar-refractivity contribution in [3.05, 3.63) is 65.5 Å². The smallest absolute Gasteiger partial charge is 0.331 e. The van der Waals surface area contributed by atoms with Crippen LogP contribution in [-0.2, 0) is 21.4 Å². The third-order valence-corrected chi connectivity index (χ3v) is 4.63. The van der Waals surface area contributed by atoms with Crippen LogP contribution in [0.4, 0.5) is 5.69 Å². The second-order valence-corrected chi connectivity index (χ2v) is 6.67. The summed E-state index contributed by atoms with van der Waals surface area (Å²) in [4.78, 5) is 24.4. The van der Waals surface area contributed by atoms with E-state index in [1.807, 2.05) is 63.4 Å². The van der Waals surface area contributed by atoms with Gasteiger partial charge in [0.1, 0.15) is 0 Å². The molecule has 1 atom stereocenters. The standard InChI is InChI=1S/C22H23N3O3/c1-14-20(15(2)25(4)24-14)11-12-21(26)28-16(3)22(27)23-19-10-9-17-7-5-6-8-18(17)13-19/h5-13,16H,1-4H3,(H,23,27)/b12-11+/t16-/m1/s1. The number of carbonyl (C=O) groups excluding carboxylic acids is 2. The van der Waals surface area contributed by atoms with Gasteiger partial charge in [-0.25, -0.2) is 4.79 Å². The number of benzene rings is 2. The number of hydrogen-bond acceptors (Lipinski definition) is 4. The van der Waals surface area contributed by atoms with Gasteiger partial charge in [-0.3, -0.25) is 9.48 Å². The minimum Gasteiger partial charge on any atom is -0.449 e. The highest BCUT2D eigenvalue weighted by molar-refractivity contribution is 5.98. The summed E-state index contributed by atoms with van der Waals surface area (Å²) in [6.07, 6.45) is 2.06. The van der Waals surface area contributed by atoms with Crippen molar-refractivity contribution >= 4 is 34.4 Å². The molecule has 2 aromatic carbocycles. The van der Waals surface area contributed by atoms with Crippen LogP contribution in [0.25, 0.3) is 16.8 Å². The quantitative estimate of drug-likeness (QED) is 0.543. The molecule has 0 fully saturated rings. The summed E-state index contributed by atoms with van der Waals surface area (Å²) >= 11 is 0. The first-order valence-electron chi connectivity index (χ1n) is 9.03. The van der Waals surface area contributed by atoms with E-state index in [9.17, 15) is 9.59 Å². The molecule has 0 aliphatic rings. The summed E-state index contributed by atoms with van der Waals surface area (Å²) in [5.41, 5.74) is 3.30. The highest BCUT2D eigenvalue weighted by Crippen LogP contribution is 2.19. The highest BCUT2D eigenvalue weighted by atomic mass is 16.5. The average molecular weight is 377 g/mol. The molecule has 1 amide bonds. The van der Waals surface area contributed by atoms with Crippen LogP contribution in [0.1, 0.15) is 23.9 Å². The summed E-state index contributed by atoms with van der Waals surface area (Å²) in [5.74, 6) is -0.963. The highest BCUT2D eigenvalue weighted by Gasteiger charge is 2.17. The molecule has 144 valence electrons. The molecule has 0 spiro atoms. The van der Waals surface area contributed by atoms with E-state index < -0.39 is 12.1 Å². The number of aryl methyl sites for hydroxylation is 2. The number of ether oxygens (including phenoxy) is 1. The van der Waals surface area contributed by atoms with Gasteiger partial charge in [-0.1, -0.05) is 30.3 Å². The average Bonchev–Trinajstić information content (AvgIpc) is 2.91. The van der Waals surface area contributed by atoms with E-state index in [1.54, 1.807) is 17.7 Å². The number of aromatic nitrogens is 2. The molecule has 0 saturated heterocycles. The molecular weight excluding hydrogens is 354 g/mol. The van der Waals surface area contributed by atoms with Crippen LogP contribution in [0.3, 0.4) is 0 Å². The van der Waals surface area contributed by atoms with Gasteiger partial charge in [-0.2, -0.15) is 5.10 Å². The maximum absolute atomic E-state index is 12.3. The number of nitrogens with one attached hydrogen (secondary N) is 1. The molecule has 1 aromatic heterocycles. The summed E-state index contributed by atoms with van der Waals surface area (Å²) in [6, 6.07) is 13.5. The van der Waals surface area contributed by atoms with E-state index in [1.165, 1.54) is 6.08 Å². The Morgan fingerprint density at radius 2 is 1.86 bits per heavy atom. The topological polar surface area (TPSA) is 73.2 Å². The Kier molecular flexibility index (Phi) is 5.59. The van der Waals surface area contributed by atoms with Crippen molar-refractivity contribution in [2.24, 2.45) is 7.05 Å². The lowest BCUT2D eigenvalue weighted by molar-refractivity contribution is -0.148. The summed E-state index contributed by atoms with van der Waals surface area (Å²) in [5, 5.41) is 9.19. The lowest BCUT2D eigenvalue weighted by Gasteiger charge is -2.13. The number of carbonyl (C=O) groups is 2. The van der Waals surface area contributed by atoms with Gasteiger partial charge in [0.25, 0.3) is 5.91 Å². The molecule has 6 nitrogen and oxygen atoms in total. The third kappa shape index (κ3) is 4.28. The van der Waals surface area contributed by atoms with Crippen LogP contribution in [-0.4, -0.2) is 27.8 Å². The van der Waals surface area contributed by atoms with Crippen LogP contribution in [0.5, 0.6) is 0 Å². The fourth-order valence-electron chi connectivity index (χ4n) is 2.96. The third-order valence-electron chi connectivity index (χ3n) is 4.63. The predicted octanol–water partition coefficient (Wildman–Crippen LogP) is 3.77. The molecule has 6 heteroatoms. The van der Waals surface area contributed by atoms with Gasteiger partial charge in [0.2, 0.25) is 0 Å². The van der Waals surface area contributed by atoms with Gasteiger partial charge < -0.3 is 10.1 Å². The maximum atomic E-state index is 12.3. The Morgan fingerprint density at radius 3 is 2.54 bits per heavy atom. The fourth-order valence-corrected chi connectivity index (χ4v) is 2.96. The van der Waals surface area contributed by atoms with Crippen molar-refractivity contribution in [3.8, 4) is 0 Å². The Balaban J connectivity index is 1.61. The molecule has 0 radical (unpaired) electrons. The van der Waals surface area contributed by atoms with Gasteiger partial charge in [-0.15, -0.1) is 0 Å². The number of nitrogens with zero attached hydrogens (tertiary/aromatic N) is 2. The second kappa shape index (κ2) is 8.08. The molecular formula is C22H23N3O3. The number of anilines is 1. The molecule has 0 aliphatic heterocycles. The van der Waals surface area contributed by atoms with Crippen molar-refractivity contribution in [1.29, 1.82) is 0 Å². The monoisotopic (exact) mass is 377 g/mol. The van der Waals surface area contributed by atoms with Gasteiger partial charge in [0.05, 0.1) is 5.69 Å².